The number of hydrogen-bond donors (Lipinski definition) is 1. The van der Waals surface area contributed by atoms with Gasteiger partial charge in [-0.3, -0.25) is 10.2 Å². The van der Waals surface area contributed by atoms with Crippen LogP contribution < -0.4 is 5.73 Å². The molecule has 3 nitrogen and oxygen atoms in total. The fraction of sp³-hybridized carbons (Fsp3) is 0.692. The number of nitrogens with two attached hydrogens (primary N) is 1. The van der Waals surface area contributed by atoms with Crippen LogP contribution in [0.4, 0.5) is 13.2 Å². The normalized spacial score (nSPS) is 29.7. The molecule has 0 spiro atoms. The van der Waals surface area contributed by atoms with Gasteiger partial charge in [-0.15, -0.1) is 6.42 Å². The number of quaternary nitrogens is 1. The third kappa shape index (κ3) is 2.96. The van der Waals surface area contributed by atoms with E-state index < -0.39 is 24.5 Å². The molecule has 0 radical (unpaired) electrons. The second-order valence-corrected chi connectivity index (χ2v) is 5.14. The third-order valence-corrected chi connectivity index (χ3v) is 4.23. The van der Waals surface area contributed by atoms with Crippen molar-refractivity contribution in [2.75, 3.05) is 19.7 Å². The summed E-state index contributed by atoms with van der Waals surface area (Å²) < 4.78 is 45.0. The van der Waals surface area contributed by atoms with Crippen LogP contribution in [-0.2, 0) is 4.74 Å². The topological polar surface area (TPSA) is 35.2 Å². The van der Waals surface area contributed by atoms with Crippen molar-refractivity contribution in [3.63, 3.8) is 0 Å². The maximum absolute atomic E-state index is 13.2. The molecule has 0 saturated heterocycles. The summed E-state index contributed by atoms with van der Waals surface area (Å²) in [6.07, 6.45) is -0.352. The van der Waals surface area contributed by atoms with E-state index in [1.165, 1.54) is 0 Å². The van der Waals surface area contributed by atoms with E-state index in [1.807, 2.05) is 0 Å². The Kier molecular flexibility index (Phi) is 5.50. The number of nitrogens with zero attached hydrogens (tertiary/aromatic N) is 1. The lowest BCUT2D eigenvalue weighted by molar-refractivity contribution is -0.991. The summed E-state index contributed by atoms with van der Waals surface area (Å²) in [5, 5.41) is 0.0107. The van der Waals surface area contributed by atoms with Crippen LogP contribution in [0.1, 0.15) is 13.8 Å². The Morgan fingerprint density at radius 1 is 1.45 bits per heavy atom. The van der Waals surface area contributed by atoms with E-state index in [-0.39, 0.29) is 16.1 Å². The van der Waals surface area contributed by atoms with Gasteiger partial charge in [0.05, 0.1) is 18.1 Å². The minimum atomic E-state index is -4.46. The summed E-state index contributed by atoms with van der Waals surface area (Å²) in [7, 11) is 0. The minimum Gasteiger partial charge on any atom is -0.315 e. The predicted octanol–water partition coefficient (Wildman–Crippen LogP) is 2.42. The van der Waals surface area contributed by atoms with E-state index in [1.54, 1.807) is 13.8 Å². The van der Waals surface area contributed by atoms with Gasteiger partial charge in [-0.25, -0.2) is 0 Å². The Morgan fingerprint density at radius 2 is 2.00 bits per heavy atom. The number of alkyl halides is 3. The Hall–Kier alpha value is -0.740. The van der Waals surface area contributed by atoms with E-state index in [0.717, 1.165) is 6.08 Å². The molecule has 0 aromatic heterocycles. The molecule has 0 aliphatic carbocycles. The van der Waals surface area contributed by atoms with Gasteiger partial charge in [0.2, 0.25) is 6.23 Å². The molecule has 0 amide bonds. The van der Waals surface area contributed by atoms with Crippen LogP contribution in [0.3, 0.4) is 0 Å². The summed E-state index contributed by atoms with van der Waals surface area (Å²) in [6, 6.07) is 0. The van der Waals surface area contributed by atoms with Crippen LogP contribution in [-0.4, -0.2) is 42.7 Å². The van der Waals surface area contributed by atoms with Gasteiger partial charge in [0.15, 0.2) is 12.1 Å². The first-order chi connectivity index (χ1) is 9.24. The van der Waals surface area contributed by atoms with Crippen LogP contribution >= 0.6 is 11.6 Å². The Morgan fingerprint density at radius 3 is 2.40 bits per heavy atom. The van der Waals surface area contributed by atoms with Crippen molar-refractivity contribution in [3.05, 3.63) is 11.1 Å². The maximum Gasteiger partial charge on any atom is 0.403 e. The van der Waals surface area contributed by atoms with Crippen LogP contribution in [0.5, 0.6) is 0 Å². The standard InChI is InChI=1S/C13H19ClF3N2O/c1-4-7-20-12-9(13(15,16)17)8-10(14)11(18)19(12,5-2)6-3/h1,8-9,11-12H,5-7,18H2,2-3H3/q+1. The van der Waals surface area contributed by atoms with Crippen molar-refractivity contribution in [3.8, 4) is 12.3 Å². The van der Waals surface area contributed by atoms with Crippen LogP contribution in [0.2, 0.25) is 0 Å². The molecule has 114 valence electrons. The van der Waals surface area contributed by atoms with Crippen molar-refractivity contribution in [1.82, 2.24) is 0 Å². The van der Waals surface area contributed by atoms with Gasteiger partial charge >= 0.3 is 6.18 Å². The van der Waals surface area contributed by atoms with Gasteiger partial charge in [0.1, 0.15) is 6.61 Å². The second-order valence-electron chi connectivity index (χ2n) is 4.70. The van der Waals surface area contributed by atoms with Gasteiger partial charge in [-0.2, -0.15) is 13.2 Å². The SMILES string of the molecule is C#CCOC1C(C(F)(F)F)C=C(Cl)C(N)[N+]1(CC)CC. The second kappa shape index (κ2) is 6.35. The van der Waals surface area contributed by atoms with Gasteiger partial charge < -0.3 is 4.74 Å². The fourth-order valence-corrected chi connectivity index (χ4v) is 3.02. The third-order valence-electron chi connectivity index (χ3n) is 3.88. The molecule has 3 unspecified atom stereocenters. The summed E-state index contributed by atoms with van der Waals surface area (Å²) >= 11 is 5.93. The molecule has 3 atom stereocenters. The van der Waals surface area contributed by atoms with E-state index in [0.29, 0.717) is 13.1 Å². The van der Waals surface area contributed by atoms with Gasteiger partial charge in [0, 0.05) is 0 Å². The van der Waals surface area contributed by atoms with Crippen molar-refractivity contribution in [2.45, 2.75) is 32.4 Å². The molecule has 0 aromatic rings. The first-order valence-electron chi connectivity index (χ1n) is 6.35. The summed E-state index contributed by atoms with van der Waals surface area (Å²) in [6.45, 7) is 4.06. The minimum absolute atomic E-state index is 0.0107. The smallest absolute Gasteiger partial charge is 0.315 e. The molecule has 1 aliphatic rings. The molecule has 1 aliphatic heterocycles. The van der Waals surface area contributed by atoms with Crippen LogP contribution in [0.25, 0.3) is 0 Å². The zero-order chi connectivity index (χ0) is 15.6. The summed E-state index contributed by atoms with van der Waals surface area (Å²) in [4.78, 5) is 0. The molecule has 7 heteroatoms. The summed E-state index contributed by atoms with van der Waals surface area (Å²) in [5.74, 6) is 0.388. The Labute approximate surface area is 122 Å². The molecule has 20 heavy (non-hydrogen) atoms. The number of ether oxygens (including phenoxy) is 1. The molecule has 0 saturated carbocycles. The monoisotopic (exact) mass is 311 g/mol. The number of likely N-dealkylation sites (N-methyl/N-ethyl adjacent to an activating group) is 1. The average molecular weight is 312 g/mol. The molecule has 2 N–H and O–H groups in total. The van der Waals surface area contributed by atoms with E-state index in [9.17, 15) is 13.2 Å². The van der Waals surface area contributed by atoms with Crippen LogP contribution in [0.15, 0.2) is 11.1 Å². The number of hydrogen-bond acceptors (Lipinski definition) is 2. The van der Waals surface area contributed by atoms with E-state index >= 15 is 0 Å². The Bertz CT molecular complexity index is 413. The quantitative estimate of drug-likeness (QED) is 0.639. The fourth-order valence-electron chi connectivity index (χ4n) is 2.69. The molecule has 1 rings (SSSR count). The van der Waals surface area contributed by atoms with Crippen molar-refractivity contribution >= 4 is 11.6 Å². The highest BCUT2D eigenvalue weighted by molar-refractivity contribution is 6.30. The average Bonchev–Trinajstić information content (AvgIpc) is 2.39. The lowest BCUT2D eigenvalue weighted by Gasteiger charge is -2.51. The lowest BCUT2D eigenvalue weighted by Crippen LogP contribution is -2.70. The lowest BCUT2D eigenvalue weighted by atomic mass is 9.96. The number of halogens is 4. The maximum atomic E-state index is 13.2. The molecule has 1 heterocycles. The predicted molar refractivity (Wildman–Crippen MR) is 71.4 cm³/mol. The number of rotatable bonds is 4. The highest BCUT2D eigenvalue weighted by Crippen LogP contribution is 2.42. The zero-order valence-electron chi connectivity index (χ0n) is 11.5. The van der Waals surface area contributed by atoms with E-state index in [2.05, 4.69) is 5.92 Å². The first kappa shape index (κ1) is 17.3. The molecule has 0 fully saturated rings. The first-order valence-corrected chi connectivity index (χ1v) is 6.73. The number of terminal acetylenes is 1. The molecular weight excluding hydrogens is 293 g/mol. The summed E-state index contributed by atoms with van der Waals surface area (Å²) in [5.41, 5.74) is 6.02. The molecule has 0 bridgehead atoms. The molecule has 0 aromatic carbocycles. The highest BCUT2D eigenvalue weighted by Gasteiger charge is 2.58. The highest BCUT2D eigenvalue weighted by atomic mass is 35.5. The zero-order valence-corrected chi connectivity index (χ0v) is 12.2. The van der Waals surface area contributed by atoms with Crippen LogP contribution in [0, 0.1) is 18.3 Å². The van der Waals surface area contributed by atoms with E-state index in [4.69, 9.17) is 28.5 Å². The van der Waals surface area contributed by atoms with Gasteiger partial charge in [0.25, 0.3) is 0 Å². The van der Waals surface area contributed by atoms with Gasteiger partial charge in [-0.05, 0) is 19.9 Å². The largest absolute Gasteiger partial charge is 0.403 e. The van der Waals surface area contributed by atoms with Crippen molar-refractivity contribution < 1.29 is 22.4 Å². The molecular formula is C13H19ClF3N2O+. The Balaban J connectivity index is 3.33. The van der Waals surface area contributed by atoms with Crippen molar-refractivity contribution in [1.29, 1.82) is 0 Å². The van der Waals surface area contributed by atoms with Gasteiger partial charge in [-0.1, -0.05) is 17.5 Å². The van der Waals surface area contributed by atoms with Crippen molar-refractivity contribution in [2.24, 2.45) is 11.7 Å².